The van der Waals surface area contributed by atoms with Gasteiger partial charge in [0.25, 0.3) is 0 Å². The summed E-state index contributed by atoms with van der Waals surface area (Å²) in [6.07, 6.45) is 1.17. The van der Waals surface area contributed by atoms with E-state index in [9.17, 15) is 0 Å². The van der Waals surface area contributed by atoms with E-state index < -0.39 is 0 Å². The Balaban J connectivity index is 2.70. The Hall–Kier alpha value is -0.450. The number of aromatic nitrogens is 1. The summed E-state index contributed by atoms with van der Waals surface area (Å²) in [5, 5.41) is 6.79. The molecule has 2 unspecified atom stereocenters. The lowest BCUT2D eigenvalue weighted by molar-refractivity contribution is 0.0334. The second kappa shape index (κ2) is 7.09. The Morgan fingerprint density at radius 1 is 1.47 bits per heavy atom. The molecular weight excluding hydrogens is 232 g/mol. The van der Waals surface area contributed by atoms with Crippen LogP contribution in [0.5, 0.6) is 0 Å². The maximum atomic E-state index is 5.62. The average molecular weight is 256 g/mol. The maximum Gasteiger partial charge on any atom is 0.0897 e. The highest BCUT2D eigenvalue weighted by atomic mass is 32.1. The molecule has 0 amide bonds. The predicted molar refractivity (Wildman–Crippen MR) is 73.7 cm³/mol. The zero-order chi connectivity index (χ0) is 12.8. The number of ether oxygens (including phenoxy) is 1. The lowest BCUT2D eigenvalue weighted by Gasteiger charge is -2.29. The first-order chi connectivity index (χ1) is 8.08. The Labute approximate surface area is 109 Å². The van der Waals surface area contributed by atoms with Crippen molar-refractivity contribution in [2.75, 3.05) is 13.7 Å². The minimum absolute atomic E-state index is 0.233. The molecule has 17 heavy (non-hydrogen) atoms. The van der Waals surface area contributed by atoms with Crippen LogP contribution >= 0.6 is 11.3 Å². The smallest absolute Gasteiger partial charge is 0.0897 e. The molecule has 98 valence electrons. The molecule has 1 heterocycles. The van der Waals surface area contributed by atoms with Crippen LogP contribution in [-0.2, 0) is 11.2 Å². The third kappa shape index (κ3) is 4.37. The van der Waals surface area contributed by atoms with Gasteiger partial charge in [0.1, 0.15) is 0 Å². The summed E-state index contributed by atoms with van der Waals surface area (Å²) in [6.45, 7) is 9.54. The molecule has 1 aromatic rings. The van der Waals surface area contributed by atoms with Gasteiger partial charge in [-0.25, -0.2) is 4.98 Å². The predicted octanol–water partition coefficient (Wildman–Crippen LogP) is 2.64. The molecule has 0 spiro atoms. The largest absolute Gasteiger partial charge is 0.380 e. The first kappa shape index (κ1) is 14.6. The molecule has 3 nitrogen and oxygen atoms in total. The second-order valence-corrected chi connectivity index (χ2v) is 5.73. The van der Waals surface area contributed by atoms with Crippen LogP contribution in [0.25, 0.3) is 0 Å². The number of nitrogens with one attached hydrogen (secondary N) is 1. The van der Waals surface area contributed by atoms with E-state index in [4.69, 9.17) is 4.74 Å². The van der Waals surface area contributed by atoms with Crippen molar-refractivity contribution in [1.82, 2.24) is 10.3 Å². The van der Waals surface area contributed by atoms with Gasteiger partial charge in [-0.15, -0.1) is 11.3 Å². The molecule has 0 aliphatic heterocycles. The van der Waals surface area contributed by atoms with Gasteiger partial charge in [0.2, 0.25) is 0 Å². The first-order valence-electron chi connectivity index (χ1n) is 6.25. The zero-order valence-electron chi connectivity index (χ0n) is 11.5. The van der Waals surface area contributed by atoms with Gasteiger partial charge in [-0.2, -0.15) is 0 Å². The van der Waals surface area contributed by atoms with Gasteiger partial charge >= 0.3 is 0 Å². The molecule has 2 atom stereocenters. The number of nitrogens with zero attached hydrogens (tertiary/aromatic N) is 1. The molecule has 0 aliphatic carbocycles. The van der Waals surface area contributed by atoms with Gasteiger partial charge < -0.3 is 10.1 Å². The molecule has 1 N–H and O–H groups in total. The molecule has 0 fully saturated rings. The topological polar surface area (TPSA) is 34.2 Å². The van der Waals surface area contributed by atoms with Crippen molar-refractivity contribution in [2.45, 2.75) is 46.3 Å². The van der Waals surface area contributed by atoms with Gasteiger partial charge in [0.05, 0.1) is 16.8 Å². The summed E-state index contributed by atoms with van der Waals surface area (Å²) in [5.74, 6) is 0.504. The van der Waals surface area contributed by atoms with Crippen LogP contribution in [0.15, 0.2) is 5.38 Å². The van der Waals surface area contributed by atoms with Gasteiger partial charge in [0, 0.05) is 25.0 Å². The van der Waals surface area contributed by atoms with Crippen molar-refractivity contribution >= 4 is 11.3 Å². The number of aryl methyl sites for hydroxylation is 1. The fraction of sp³-hybridized carbons (Fsp3) is 0.769. The summed E-state index contributed by atoms with van der Waals surface area (Å²) < 4.78 is 5.62. The van der Waals surface area contributed by atoms with Crippen LogP contribution in [0.4, 0.5) is 0 Å². The van der Waals surface area contributed by atoms with Crippen molar-refractivity contribution in [2.24, 2.45) is 5.92 Å². The van der Waals surface area contributed by atoms with Crippen molar-refractivity contribution in [3.8, 4) is 0 Å². The number of likely N-dealkylation sites (N-methyl/N-ethyl adjacent to an activating group) is 1. The van der Waals surface area contributed by atoms with Crippen molar-refractivity contribution < 1.29 is 4.74 Å². The lowest BCUT2D eigenvalue weighted by atomic mass is 9.96. The van der Waals surface area contributed by atoms with Crippen LogP contribution in [0, 0.1) is 12.8 Å². The van der Waals surface area contributed by atoms with E-state index in [2.05, 4.69) is 36.5 Å². The van der Waals surface area contributed by atoms with Crippen LogP contribution in [-0.4, -0.2) is 30.8 Å². The third-order valence-corrected chi connectivity index (χ3v) is 3.71. The van der Waals surface area contributed by atoms with Crippen molar-refractivity contribution in [3.05, 3.63) is 16.1 Å². The molecule has 0 aromatic carbocycles. The lowest BCUT2D eigenvalue weighted by Crippen LogP contribution is -2.45. The number of hydrogen-bond donors (Lipinski definition) is 1. The van der Waals surface area contributed by atoms with E-state index in [1.807, 2.05) is 6.92 Å². The SMILES string of the molecule is CCNC(Cc1csc(C)n1)C(OC)C(C)C. The van der Waals surface area contributed by atoms with Gasteiger partial charge in [-0.05, 0) is 19.4 Å². The monoisotopic (exact) mass is 256 g/mol. The Morgan fingerprint density at radius 3 is 2.59 bits per heavy atom. The zero-order valence-corrected chi connectivity index (χ0v) is 12.3. The van der Waals surface area contributed by atoms with Crippen molar-refractivity contribution in [3.63, 3.8) is 0 Å². The summed E-state index contributed by atoms with van der Waals surface area (Å²) >= 11 is 1.71. The fourth-order valence-corrected chi connectivity index (χ4v) is 2.82. The minimum Gasteiger partial charge on any atom is -0.380 e. The standard InChI is InChI=1S/C13H24N2OS/c1-6-14-12(13(16-5)9(2)3)7-11-8-17-10(4)15-11/h8-9,12-14H,6-7H2,1-5H3. The maximum absolute atomic E-state index is 5.62. The van der Waals surface area contributed by atoms with E-state index >= 15 is 0 Å². The van der Waals surface area contributed by atoms with E-state index in [-0.39, 0.29) is 6.10 Å². The molecule has 0 bridgehead atoms. The Bertz CT molecular complexity index is 325. The quantitative estimate of drug-likeness (QED) is 0.814. The minimum atomic E-state index is 0.233. The molecule has 4 heteroatoms. The normalized spacial score (nSPS) is 15.2. The van der Waals surface area contributed by atoms with Crippen LogP contribution in [0.3, 0.4) is 0 Å². The number of methoxy groups -OCH3 is 1. The Kier molecular flexibility index (Phi) is 6.09. The van der Waals surface area contributed by atoms with E-state index in [0.29, 0.717) is 12.0 Å². The van der Waals surface area contributed by atoms with Crippen LogP contribution in [0.1, 0.15) is 31.5 Å². The van der Waals surface area contributed by atoms with Crippen molar-refractivity contribution in [1.29, 1.82) is 0 Å². The van der Waals surface area contributed by atoms with Gasteiger partial charge in [-0.1, -0.05) is 20.8 Å². The van der Waals surface area contributed by atoms with E-state index in [1.165, 1.54) is 5.69 Å². The first-order valence-corrected chi connectivity index (χ1v) is 7.13. The van der Waals surface area contributed by atoms with Gasteiger partial charge in [0.15, 0.2) is 0 Å². The highest BCUT2D eigenvalue weighted by Gasteiger charge is 2.24. The molecule has 0 aliphatic rings. The second-order valence-electron chi connectivity index (χ2n) is 4.67. The van der Waals surface area contributed by atoms with E-state index in [0.717, 1.165) is 18.0 Å². The molecule has 0 radical (unpaired) electrons. The third-order valence-electron chi connectivity index (χ3n) is 2.89. The summed E-state index contributed by atoms with van der Waals surface area (Å²) in [4.78, 5) is 4.53. The molecule has 0 saturated heterocycles. The summed E-state index contributed by atoms with van der Waals surface area (Å²) in [6, 6.07) is 0.339. The highest BCUT2D eigenvalue weighted by Crippen LogP contribution is 2.16. The van der Waals surface area contributed by atoms with Crippen LogP contribution < -0.4 is 5.32 Å². The highest BCUT2D eigenvalue weighted by molar-refractivity contribution is 7.09. The Morgan fingerprint density at radius 2 is 2.18 bits per heavy atom. The molecule has 0 saturated carbocycles. The average Bonchev–Trinajstić information content (AvgIpc) is 2.64. The molecular formula is C13H24N2OS. The fourth-order valence-electron chi connectivity index (χ4n) is 2.20. The molecule has 1 rings (SSSR count). The van der Waals surface area contributed by atoms with Gasteiger partial charge in [-0.3, -0.25) is 0 Å². The summed E-state index contributed by atoms with van der Waals surface area (Å²) in [7, 11) is 1.79. The number of hydrogen-bond acceptors (Lipinski definition) is 4. The van der Waals surface area contributed by atoms with Crippen LogP contribution in [0.2, 0.25) is 0 Å². The number of thiazole rings is 1. The molecule has 1 aromatic heterocycles. The summed E-state index contributed by atoms with van der Waals surface area (Å²) in [5.41, 5.74) is 1.17. The number of rotatable bonds is 7. The van der Waals surface area contributed by atoms with E-state index in [1.54, 1.807) is 18.4 Å².